The van der Waals surface area contributed by atoms with Crippen LogP contribution in [0.3, 0.4) is 0 Å². The zero-order valence-electron chi connectivity index (χ0n) is 10.3. The molecule has 0 bridgehead atoms. The number of carbonyl (C=O) groups excluding carboxylic acids is 1. The Bertz CT molecular complexity index is 445. The standard InChI is InChI=1S/C13H17BrN2O2/c1-8(9-4-5-18-7-9)16-13(17)11-6-10(15)2-3-12(11)14/h2-3,6,8-9H,4-5,7,15H2,1H3,(H,16,17). The Morgan fingerprint density at radius 1 is 1.61 bits per heavy atom. The number of nitrogens with one attached hydrogen (secondary N) is 1. The van der Waals surface area contributed by atoms with Gasteiger partial charge in [0.25, 0.3) is 5.91 Å². The molecule has 0 spiro atoms. The fourth-order valence-electron chi connectivity index (χ4n) is 2.07. The summed E-state index contributed by atoms with van der Waals surface area (Å²) in [4.78, 5) is 12.1. The van der Waals surface area contributed by atoms with Crippen LogP contribution in [0, 0.1) is 5.92 Å². The molecule has 1 saturated heterocycles. The van der Waals surface area contributed by atoms with Crippen LogP contribution in [-0.4, -0.2) is 25.2 Å². The van der Waals surface area contributed by atoms with E-state index in [0.29, 0.717) is 17.2 Å². The van der Waals surface area contributed by atoms with Gasteiger partial charge in [0.1, 0.15) is 0 Å². The molecule has 0 radical (unpaired) electrons. The van der Waals surface area contributed by atoms with Crippen molar-refractivity contribution in [2.75, 3.05) is 18.9 Å². The number of benzene rings is 1. The largest absolute Gasteiger partial charge is 0.399 e. The Morgan fingerprint density at radius 2 is 2.39 bits per heavy atom. The summed E-state index contributed by atoms with van der Waals surface area (Å²) in [7, 11) is 0. The van der Waals surface area contributed by atoms with Crippen LogP contribution in [0.25, 0.3) is 0 Å². The average molecular weight is 313 g/mol. The van der Waals surface area contributed by atoms with Crippen LogP contribution >= 0.6 is 15.9 Å². The summed E-state index contributed by atoms with van der Waals surface area (Å²) in [5, 5.41) is 3.00. The summed E-state index contributed by atoms with van der Waals surface area (Å²) in [5.41, 5.74) is 6.85. The third-order valence-electron chi connectivity index (χ3n) is 3.27. The molecule has 1 aromatic carbocycles. The normalized spacial score (nSPS) is 20.7. The summed E-state index contributed by atoms with van der Waals surface area (Å²) in [6.45, 7) is 3.52. The van der Waals surface area contributed by atoms with Crippen LogP contribution in [0.2, 0.25) is 0 Å². The second-order valence-electron chi connectivity index (χ2n) is 4.63. The van der Waals surface area contributed by atoms with Crippen LogP contribution in [0.5, 0.6) is 0 Å². The molecule has 18 heavy (non-hydrogen) atoms. The van der Waals surface area contributed by atoms with Gasteiger partial charge in [0.2, 0.25) is 0 Å². The number of nitrogens with two attached hydrogens (primary N) is 1. The first-order valence-electron chi connectivity index (χ1n) is 6.01. The molecule has 1 amide bonds. The van der Waals surface area contributed by atoms with Gasteiger partial charge in [-0.3, -0.25) is 4.79 Å². The number of halogens is 1. The maximum atomic E-state index is 12.1. The molecule has 3 N–H and O–H groups in total. The summed E-state index contributed by atoms with van der Waals surface area (Å²) >= 11 is 3.36. The van der Waals surface area contributed by atoms with E-state index < -0.39 is 0 Å². The van der Waals surface area contributed by atoms with Gasteiger partial charge >= 0.3 is 0 Å². The Balaban J connectivity index is 2.04. The molecule has 2 unspecified atom stereocenters. The van der Waals surface area contributed by atoms with Gasteiger partial charge in [-0.2, -0.15) is 0 Å². The van der Waals surface area contributed by atoms with Gasteiger partial charge in [-0.05, 0) is 47.5 Å². The quantitative estimate of drug-likeness (QED) is 0.841. The van der Waals surface area contributed by atoms with Gasteiger partial charge in [-0.25, -0.2) is 0 Å². The van der Waals surface area contributed by atoms with E-state index in [4.69, 9.17) is 10.5 Å². The zero-order valence-corrected chi connectivity index (χ0v) is 11.9. The lowest BCUT2D eigenvalue weighted by Crippen LogP contribution is -2.38. The van der Waals surface area contributed by atoms with Gasteiger partial charge in [-0.1, -0.05) is 0 Å². The molecule has 1 fully saturated rings. The Morgan fingerprint density at radius 3 is 3.06 bits per heavy atom. The number of hydrogen-bond acceptors (Lipinski definition) is 3. The minimum atomic E-state index is -0.103. The highest BCUT2D eigenvalue weighted by Gasteiger charge is 2.24. The van der Waals surface area contributed by atoms with Gasteiger partial charge in [-0.15, -0.1) is 0 Å². The van der Waals surface area contributed by atoms with Crippen molar-refractivity contribution in [1.29, 1.82) is 0 Å². The number of hydrogen-bond donors (Lipinski definition) is 2. The van der Waals surface area contributed by atoms with Crippen molar-refractivity contribution < 1.29 is 9.53 Å². The summed E-state index contributed by atoms with van der Waals surface area (Å²) in [5.74, 6) is 0.294. The molecular weight excluding hydrogens is 296 g/mol. The molecular formula is C13H17BrN2O2. The minimum absolute atomic E-state index is 0.103. The molecule has 0 saturated carbocycles. The molecule has 0 aliphatic carbocycles. The lowest BCUT2D eigenvalue weighted by Gasteiger charge is -2.19. The lowest BCUT2D eigenvalue weighted by atomic mass is 10.0. The van der Waals surface area contributed by atoms with Crippen molar-refractivity contribution in [3.05, 3.63) is 28.2 Å². The van der Waals surface area contributed by atoms with Crippen molar-refractivity contribution in [2.24, 2.45) is 5.92 Å². The van der Waals surface area contributed by atoms with Gasteiger partial charge in [0.05, 0.1) is 12.2 Å². The highest BCUT2D eigenvalue weighted by Crippen LogP contribution is 2.21. The molecule has 1 aliphatic rings. The van der Waals surface area contributed by atoms with Crippen LogP contribution < -0.4 is 11.1 Å². The number of carbonyl (C=O) groups is 1. The predicted octanol–water partition coefficient (Wildman–Crippen LogP) is 2.19. The van der Waals surface area contributed by atoms with Crippen molar-refractivity contribution >= 4 is 27.5 Å². The van der Waals surface area contributed by atoms with E-state index in [1.807, 2.05) is 6.92 Å². The molecule has 1 aliphatic heterocycles. The van der Waals surface area contributed by atoms with Gasteiger partial charge in [0.15, 0.2) is 0 Å². The Kier molecular flexibility index (Phi) is 4.24. The number of rotatable bonds is 3. The van der Waals surface area contributed by atoms with Crippen molar-refractivity contribution in [3.8, 4) is 0 Å². The molecule has 1 heterocycles. The van der Waals surface area contributed by atoms with Crippen molar-refractivity contribution in [2.45, 2.75) is 19.4 Å². The topological polar surface area (TPSA) is 64.4 Å². The van der Waals surface area contributed by atoms with Crippen LogP contribution in [0.4, 0.5) is 5.69 Å². The van der Waals surface area contributed by atoms with Crippen molar-refractivity contribution in [1.82, 2.24) is 5.32 Å². The summed E-state index contributed by atoms with van der Waals surface area (Å²) in [6, 6.07) is 5.33. The van der Waals surface area contributed by atoms with Crippen LogP contribution in [0.1, 0.15) is 23.7 Å². The van der Waals surface area contributed by atoms with E-state index in [0.717, 1.165) is 24.1 Å². The smallest absolute Gasteiger partial charge is 0.252 e. The van der Waals surface area contributed by atoms with Crippen LogP contribution in [0.15, 0.2) is 22.7 Å². The average Bonchev–Trinajstić information content (AvgIpc) is 2.85. The molecule has 0 aromatic heterocycles. The van der Waals surface area contributed by atoms with E-state index in [1.54, 1.807) is 18.2 Å². The zero-order chi connectivity index (χ0) is 13.1. The number of ether oxygens (including phenoxy) is 1. The van der Waals surface area contributed by atoms with E-state index in [-0.39, 0.29) is 11.9 Å². The molecule has 4 nitrogen and oxygen atoms in total. The highest BCUT2D eigenvalue weighted by atomic mass is 79.9. The highest BCUT2D eigenvalue weighted by molar-refractivity contribution is 9.10. The number of nitrogen functional groups attached to an aromatic ring is 1. The second-order valence-corrected chi connectivity index (χ2v) is 5.48. The van der Waals surface area contributed by atoms with Crippen molar-refractivity contribution in [3.63, 3.8) is 0 Å². The van der Waals surface area contributed by atoms with E-state index in [2.05, 4.69) is 21.2 Å². The van der Waals surface area contributed by atoms with E-state index >= 15 is 0 Å². The molecule has 98 valence electrons. The third-order valence-corrected chi connectivity index (χ3v) is 3.96. The lowest BCUT2D eigenvalue weighted by molar-refractivity contribution is 0.0921. The summed E-state index contributed by atoms with van der Waals surface area (Å²) < 4.78 is 6.08. The Hall–Kier alpha value is -1.07. The fraction of sp³-hybridized carbons (Fsp3) is 0.462. The first kappa shape index (κ1) is 13.4. The minimum Gasteiger partial charge on any atom is -0.399 e. The molecule has 1 aromatic rings. The SMILES string of the molecule is CC(NC(=O)c1cc(N)ccc1Br)C1CCOC1. The fourth-order valence-corrected chi connectivity index (χ4v) is 2.49. The maximum absolute atomic E-state index is 12.1. The molecule has 2 rings (SSSR count). The Labute approximate surface area is 115 Å². The molecule has 2 atom stereocenters. The van der Waals surface area contributed by atoms with Gasteiger partial charge < -0.3 is 15.8 Å². The van der Waals surface area contributed by atoms with Gasteiger partial charge in [0, 0.05) is 28.7 Å². The maximum Gasteiger partial charge on any atom is 0.252 e. The first-order chi connectivity index (χ1) is 8.58. The third kappa shape index (κ3) is 3.03. The number of amides is 1. The molecule has 5 heteroatoms. The predicted molar refractivity (Wildman–Crippen MR) is 74.4 cm³/mol. The van der Waals surface area contributed by atoms with Crippen LogP contribution in [-0.2, 0) is 4.74 Å². The number of anilines is 1. The second kappa shape index (κ2) is 5.71. The van der Waals surface area contributed by atoms with E-state index in [9.17, 15) is 4.79 Å². The monoisotopic (exact) mass is 312 g/mol. The van der Waals surface area contributed by atoms with E-state index in [1.165, 1.54) is 0 Å². The summed E-state index contributed by atoms with van der Waals surface area (Å²) in [6.07, 6.45) is 1.000. The first-order valence-corrected chi connectivity index (χ1v) is 6.81.